The predicted octanol–water partition coefficient (Wildman–Crippen LogP) is 5.98. The van der Waals surface area contributed by atoms with Gasteiger partial charge in [0.2, 0.25) is 0 Å². The van der Waals surface area contributed by atoms with Crippen LogP contribution >= 0.6 is 0 Å². The first-order valence-corrected chi connectivity index (χ1v) is 9.72. The number of hydrogen-bond donors (Lipinski definition) is 0. The lowest BCUT2D eigenvalue weighted by Gasteiger charge is -2.39. The summed E-state index contributed by atoms with van der Waals surface area (Å²) >= 11 is 0. The highest BCUT2D eigenvalue weighted by Gasteiger charge is 2.35. The molecular formula is C24H28O2. The number of ether oxygens (including phenoxy) is 1. The fourth-order valence-corrected chi connectivity index (χ4v) is 4.18. The molecule has 0 bridgehead atoms. The van der Waals surface area contributed by atoms with Crippen LogP contribution in [0.1, 0.15) is 62.1 Å². The van der Waals surface area contributed by atoms with E-state index in [4.69, 9.17) is 4.74 Å². The molecule has 0 aromatic heterocycles. The molecular weight excluding hydrogens is 320 g/mol. The van der Waals surface area contributed by atoms with Gasteiger partial charge in [0.1, 0.15) is 5.75 Å². The molecule has 1 aliphatic carbocycles. The number of carbonyl (C=O) groups is 1. The fraction of sp³-hybridized carbons (Fsp3) is 0.375. The highest BCUT2D eigenvalue weighted by Crippen LogP contribution is 2.45. The summed E-state index contributed by atoms with van der Waals surface area (Å²) in [6.45, 7) is 5.66. The average molecular weight is 348 g/mol. The summed E-state index contributed by atoms with van der Waals surface area (Å²) < 4.78 is 5.23. The molecule has 0 atom stereocenters. The standard InChI is InChI=1S/C24H28O2/c1-3-8-19-9-11-20(12-10-19)24(17-6-5-7-18-24)21-13-15-22(16-14-21)26-23(25)4-2/h4,9-16H,2-3,5-8,17-18H2,1H3. The molecule has 1 aliphatic rings. The van der Waals surface area contributed by atoms with E-state index < -0.39 is 5.97 Å². The summed E-state index contributed by atoms with van der Waals surface area (Å²) in [5.41, 5.74) is 4.21. The summed E-state index contributed by atoms with van der Waals surface area (Å²) in [5.74, 6) is 0.152. The Morgan fingerprint density at radius 3 is 2.12 bits per heavy atom. The third kappa shape index (κ3) is 3.90. The molecule has 136 valence electrons. The smallest absolute Gasteiger partial charge is 0.335 e. The van der Waals surface area contributed by atoms with Crippen molar-refractivity contribution in [2.45, 2.75) is 57.3 Å². The van der Waals surface area contributed by atoms with Crippen molar-refractivity contribution in [1.29, 1.82) is 0 Å². The minimum atomic E-state index is -0.420. The van der Waals surface area contributed by atoms with Crippen LogP contribution in [0.3, 0.4) is 0 Å². The number of esters is 1. The minimum Gasteiger partial charge on any atom is -0.423 e. The van der Waals surface area contributed by atoms with Gasteiger partial charge in [-0.15, -0.1) is 0 Å². The Hall–Kier alpha value is -2.35. The molecule has 2 heteroatoms. The Bertz CT molecular complexity index is 735. The van der Waals surface area contributed by atoms with Crippen LogP contribution in [-0.2, 0) is 16.6 Å². The van der Waals surface area contributed by atoms with Crippen molar-refractivity contribution >= 4 is 5.97 Å². The second kappa shape index (κ2) is 8.35. The van der Waals surface area contributed by atoms with Crippen LogP contribution in [0.4, 0.5) is 0 Å². The summed E-state index contributed by atoms with van der Waals surface area (Å²) in [5, 5.41) is 0. The lowest BCUT2D eigenvalue weighted by atomic mass is 9.65. The Kier molecular flexibility index (Phi) is 5.92. The average Bonchev–Trinajstić information content (AvgIpc) is 2.70. The molecule has 2 nitrogen and oxygen atoms in total. The van der Waals surface area contributed by atoms with Crippen molar-refractivity contribution in [2.75, 3.05) is 0 Å². The maximum absolute atomic E-state index is 11.4. The molecule has 2 aromatic rings. The Morgan fingerprint density at radius 2 is 1.58 bits per heavy atom. The maximum atomic E-state index is 11.4. The van der Waals surface area contributed by atoms with E-state index in [9.17, 15) is 4.79 Å². The summed E-state index contributed by atoms with van der Waals surface area (Å²) in [7, 11) is 0. The highest BCUT2D eigenvalue weighted by atomic mass is 16.5. The van der Waals surface area contributed by atoms with Crippen molar-refractivity contribution in [2.24, 2.45) is 0 Å². The molecule has 26 heavy (non-hydrogen) atoms. The minimum absolute atomic E-state index is 0.0734. The van der Waals surface area contributed by atoms with Crippen LogP contribution in [0.5, 0.6) is 5.75 Å². The van der Waals surface area contributed by atoms with Gasteiger partial charge in [0.05, 0.1) is 0 Å². The molecule has 2 aromatic carbocycles. The SMILES string of the molecule is C=CC(=O)Oc1ccc(C2(c3ccc(CCC)cc3)CCCCC2)cc1. The topological polar surface area (TPSA) is 26.3 Å². The second-order valence-corrected chi connectivity index (χ2v) is 7.24. The first-order chi connectivity index (χ1) is 12.7. The van der Waals surface area contributed by atoms with Crippen LogP contribution in [0, 0.1) is 0 Å². The molecule has 0 N–H and O–H groups in total. The van der Waals surface area contributed by atoms with Gasteiger partial charge in [0.25, 0.3) is 0 Å². The fourth-order valence-electron chi connectivity index (χ4n) is 4.18. The molecule has 0 radical (unpaired) electrons. The van der Waals surface area contributed by atoms with Gasteiger partial charge in [-0.2, -0.15) is 0 Å². The van der Waals surface area contributed by atoms with Crippen molar-refractivity contribution in [3.8, 4) is 5.75 Å². The lowest BCUT2D eigenvalue weighted by Crippen LogP contribution is -2.30. The van der Waals surface area contributed by atoms with Crippen molar-refractivity contribution in [1.82, 2.24) is 0 Å². The van der Waals surface area contributed by atoms with Crippen molar-refractivity contribution < 1.29 is 9.53 Å². The van der Waals surface area contributed by atoms with Crippen LogP contribution in [0.25, 0.3) is 0 Å². The molecule has 1 saturated carbocycles. The van der Waals surface area contributed by atoms with Crippen molar-refractivity contribution in [3.63, 3.8) is 0 Å². The predicted molar refractivity (Wildman–Crippen MR) is 107 cm³/mol. The first-order valence-electron chi connectivity index (χ1n) is 9.72. The summed E-state index contributed by atoms with van der Waals surface area (Å²) in [6.07, 6.45) is 9.66. The largest absolute Gasteiger partial charge is 0.423 e. The van der Waals surface area contributed by atoms with Gasteiger partial charge in [-0.05, 0) is 48.1 Å². The number of aryl methyl sites for hydroxylation is 1. The Labute approximate surface area is 156 Å². The van der Waals surface area contributed by atoms with Gasteiger partial charge in [-0.1, -0.05) is 75.6 Å². The van der Waals surface area contributed by atoms with E-state index in [2.05, 4.69) is 49.9 Å². The summed E-state index contributed by atoms with van der Waals surface area (Å²) in [6, 6.07) is 17.3. The van der Waals surface area contributed by atoms with E-state index in [1.807, 2.05) is 12.1 Å². The number of benzene rings is 2. The van der Waals surface area contributed by atoms with Gasteiger partial charge >= 0.3 is 5.97 Å². The molecule has 1 fully saturated rings. The quantitative estimate of drug-likeness (QED) is 0.364. The van der Waals surface area contributed by atoms with E-state index in [1.165, 1.54) is 61.3 Å². The van der Waals surface area contributed by atoms with E-state index in [-0.39, 0.29) is 5.41 Å². The zero-order valence-corrected chi connectivity index (χ0v) is 15.7. The monoisotopic (exact) mass is 348 g/mol. The first kappa shape index (κ1) is 18.4. The van der Waals surface area contributed by atoms with Gasteiger partial charge in [0, 0.05) is 11.5 Å². The maximum Gasteiger partial charge on any atom is 0.335 e. The zero-order valence-electron chi connectivity index (χ0n) is 15.7. The van der Waals surface area contributed by atoms with Crippen LogP contribution in [0.15, 0.2) is 61.2 Å². The highest BCUT2D eigenvalue weighted by molar-refractivity contribution is 5.83. The number of hydrogen-bond acceptors (Lipinski definition) is 2. The molecule has 0 aliphatic heterocycles. The van der Waals surface area contributed by atoms with Crippen LogP contribution in [0.2, 0.25) is 0 Å². The Morgan fingerprint density at radius 1 is 1.00 bits per heavy atom. The third-order valence-electron chi connectivity index (χ3n) is 5.54. The van der Waals surface area contributed by atoms with Gasteiger partial charge in [-0.25, -0.2) is 4.79 Å². The molecule has 3 rings (SSSR count). The van der Waals surface area contributed by atoms with Crippen LogP contribution in [-0.4, -0.2) is 5.97 Å². The normalized spacial score (nSPS) is 16.0. The molecule has 0 amide bonds. The molecule has 0 unspecified atom stereocenters. The molecule has 0 spiro atoms. The Balaban J connectivity index is 1.92. The van der Waals surface area contributed by atoms with E-state index >= 15 is 0 Å². The van der Waals surface area contributed by atoms with Gasteiger partial charge < -0.3 is 4.74 Å². The van der Waals surface area contributed by atoms with Gasteiger partial charge in [0.15, 0.2) is 0 Å². The van der Waals surface area contributed by atoms with Gasteiger partial charge in [-0.3, -0.25) is 0 Å². The number of rotatable bonds is 6. The third-order valence-corrected chi connectivity index (χ3v) is 5.54. The lowest BCUT2D eigenvalue weighted by molar-refractivity contribution is -0.128. The second-order valence-electron chi connectivity index (χ2n) is 7.24. The van der Waals surface area contributed by atoms with E-state index in [1.54, 1.807) is 0 Å². The van der Waals surface area contributed by atoms with E-state index in [0.717, 1.165) is 6.42 Å². The van der Waals surface area contributed by atoms with Crippen molar-refractivity contribution in [3.05, 3.63) is 77.9 Å². The van der Waals surface area contributed by atoms with Crippen LogP contribution < -0.4 is 4.74 Å². The number of carbonyl (C=O) groups excluding carboxylic acids is 1. The van der Waals surface area contributed by atoms with E-state index in [0.29, 0.717) is 5.75 Å². The molecule has 0 saturated heterocycles. The summed E-state index contributed by atoms with van der Waals surface area (Å²) in [4.78, 5) is 11.4. The zero-order chi connectivity index (χ0) is 18.4. The molecule has 0 heterocycles.